The van der Waals surface area contributed by atoms with Gasteiger partial charge in [0.05, 0.1) is 16.8 Å². The second-order valence-corrected chi connectivity index (χ2v) is 7.26. The van der Waals surface area contributed by atoms with E-state index in [2.05, 4.69) is 15.0 Å². The van der Waals surface area contributed by atoms with E-state index in [0.717, 1.165) is 11.3 Å². The summed E-state index contributed by atoms with van der Waals surface area (Å²) in [6, 6.07) is 14.7. The molecule has 0 saturated heterocycles. The summed E-state index contributed by atoms with van der Waals surface area (Å²) in [5.74, 6) is -2.61. The predicted octanol–water partition coefficient (Wildman–Crippen LogP) is 3.73. The highest BCUT2D eigenvalue weighted by Crippen LogP contribution is 2.35. The number of benzene rings is 2. The van der Waals surface area contributed by atoms with Crippen LogP contribution in [-0.2, 0) is 14.3 Å². The van der Waals surface area contributed by atoms with Crippen LogP contribution in [0.3, 0.4) is 0 Å². The molecule has 2 aromatic carbocycles. The topological polar surface area (TPSA) is 89.5 Å². The molecule has 3 rings (SSSR count). The molecule has 1 aromatic heterocycles. The van der Waals surface area contributed by atoms with Crippen LogP contribution in [0, 0.1) is 0 Å². The summed E-state index contributed by atoms with van der Waals surface area (Å²) in [4.78, 5) is 28.9. The lowest BCUT2D eigenvalue weighted by molar-refractivity contribution is -0.208. The van der Waals surface area contributed by atoms with Crippen molar-refractivity contribution >= 4 is 38.6 Å². The number of fused-ring (bicyclic) bond motifs is 1. The number of nitrogens with zero attached hydrogens (tertiary/aromatic N) is 1. The molecule has 1 heterocycles. The molecule has 7 nitrogen and oxygen atoms in total. The van der Waals surface area contributed by atoms with Gasteiger partial charge in [-0.15, -0.1) is 0 Å². The fourth-order valence-corrected chi connectivity index (χ4v) is 3.55. The Balaban J connectivity index is 1.90. The van der Waals surface area contributed by atoms with E-state index in [1.165, 1.54) is 19.1 Å². The van der Waals surface area contributed by atoms with Crippen molar-refractivity contribution in [2.24, 2.45) is 0 Å². The molecule has 0 bridgehead atoms. The summed E-state index contributed by atoms with van der Waals surface area (Å²) in [5.41, 5.74) is -3.11. The maximum absolute atomic E-state index is 14.2. The number of nitrogens with one attached hydrogen (secondary N) is 2. The minimum atomic E-state index is -5.25. The highest BCUT2D eigenvalue weighted by Gasteiger charge is 2.64. The minimum absolute atomic E-state index is 0.212. The first-order valence-electron chi connectivity index (χ1n) is 9.11. The number of ether oxygens (including phenoxy) is 2. The smallest absolute Gasteiger partial charge is 0.442 e. The maximum atomic E-state index is 14.2. The molecule has 0 aliphatic heterocycles. The van der Waals surface area contributed by atoms with Crippen LogP contribution in [0.15, 0.2) is 54.6 Å². The highest BCUT2D eigenvalue weighted by atomic mass is 32.1. The number of halogens is 3. The van der Waals surface area contributed by atoms with Gasteiger partial charge in [0, 0.05) is 0 Å². The number of hydrogen-bond acceptors (Lipinski definition) is 7. The van der Waals surface area contributed by atoms with Gasteiger partial charge in [0.25, 0.3) is 5.91 Å². The first kappa shape index (κ1) is 22.3. The van der Waals surface area contributed by atoms with Gasteiger partial charge in [0.2, 0.25) is 0 Å². The molecular formula is C20H18F3N3O4S. The van der Waals surface area contributed by atoms with E-state index < -0.39 is 30.3 Å². The summed E-state index contributed by atoms with van der Waals surface area (Å²) in [6.45, 7) is 0.286. The molecule has 0 radical (unpaired) electrons. The molecule has 1 atom stereocenters. The Labute approximate surface area is 179 Å². The Morgan fingerprint density at radius 1 is 1.06 bits per heavy atom. The number of amides is 1. The van der Waals surface area contributed by atoms with Gasteiger partial charge in [-0.3, -0.25) is 4.79 Å². The Morgan fingerprint density at radius 3 is 2.39 bits per heavy atom. The van der Waals surface area contributed by atoms with Crippen molar-refractivity contribution in [2.75, 3.05) is 18.5 Å². The Morgan fingerprint density at radius 2 is 1.74 bits per heavy atom. The van der Waals surface area contributed by atoms with E-state index in [0.29, 0.717) is 10.2 Å². The van der Waals surface area contributed by atoms with Gasteiger partial charge in [-0.1, -0.05) is 41.7 Å². The number of esters is 1. The van der Waals surface area contributed by atoms with E-state index in [4.69, 9.17) is 4.74 Å². The molecule has 0 saturated carbocycles. The molecule has 0 spiro atoms. The third-order valence-electron chi connectivity index (χ3n) is 4.04. The molecule has 0 unspecified atom stereocenters. The number of carbonyl (C=O) groups excluding carboxylic acids is 2. The second kappa shape index (κ2) is 9.21. The SMILES string of the molecule is CCOC(=O)[C@@](NC(=O)COc1ccccc1)(Nc1nc2ccccc2s1)C(F)(F)F. The van der Waals surface area contributed by atoms with Crippen LogP contribution in [0.4, 0.5) is 18.3 Å². The number of carbonyl (C=O) groups is 2. The second-order valence-electron chi connectivity index (χ2n) is 6.23. The van der Waals surface area contributed by atoms with Crippen LogP contribution < -0.4 is 15.4 Å². The van der Waals surface area contributed by atoms with Gasteiger partial charge in [0.1, 0.15) is 5.75 Å². The minimum Gasteiger partial charge on any atom is -0.484 e. The summed E-state index contributed by atoms with van der Waals surface area (Å²) < 4.78 is 53.0. The number of thiazole rings is 1. The van der Waals surface area contributed by atoms with Crippen molar-refractivity contribution in [3.63, 3.8) is 0 Å². The van der Waals surface area contributed by atoms with Gasteiger partial charge < -0.3 is 20.1 Å². The van der Waals surface area contributed by atoms with Crippen LogP contribution in [0.25, 0.3) is 10.2 Å². The quantitative estimate of drug-likeness (QED) is 0.399. The van der Waals surface area contributed by atoms with Crippen molar-refractivity contribution in [1.29, 1.82) is 0 Å². The fourth-order valence-electron chi connectivity index (χ4n) is 2.63. The summed E-state index contributed by atoms with van der Waals surface area (Å²) in [6.07, 6.45) is -5.25. The molecule has 31 heavy (non-hydrogen) atoms. The third kappa shape index (κ3) is 5.05. The van der Waals surface area contributed by atoms with E-state index >= 15 is 0 Å². The third-order valence-corrected chi connectivity index (χ3v) is 4.99. The normalized spacial score (nSPS) is 13.3. The van der Waals surface area contributed by atoms with Gasteiger partial charge in [-0.05, 0) is 31.2 Å². The van der Waals surface area contributed by atoms with E-state index in [9.17, 15) is 22.8 Å². The molecular weight excluding hydrogens is 435 g/mol. The summed E-state index contributed by atoms with van der Waals surface area (Å²) in [7, 11) is 0. The molecule has 2 N–H and O–H groups in total. The van der Waals surface area contributed by atoms with Crippen molar-refractivity contribution in [3.8, 4) is 5.75 Å². The number of para-hydroxylation sites is 2. The monoisotopic (exact) mass is 453 g/mol. The van der Waals surface area contributed by atoms with Crippen LogP contribution in [0.5, 0.6) is 5.75 Å². The average molecular weight is 453 g/mol. The largest absolute Gasteiger partial charge is 0.484 e. The standard InChI is InChI=1S/C20H18F3N3O4S/c1-2-29-17(28)19(20(21,22)23,25-16(27)12-30-13-8-4-3-5-9-13)26-18-24-14-10-6-7-11-15(14)31-18/h3-11H,2,12H2,1H3,(H,24,26)(H,25,27)/t19-/m1/s1. The van der Waals surface area contributed by atoms with Crippen molar-refractivity contribution < 1.29 is 32.2 Å². The number of anilines is 1. The van der Waals surface area contributed by atoms with Crippen molar-refractivity contribution in [3.05, 3.63) is 54.6 Å². The number of rotatable bonds is 8. The molecule has 11 heteroatoms. The first-order valence-corrected chi connectivity index (χ1v) is 9.93. The Kier molecular flexibility index (Phi) is 6.64. The Hall–Kier alpha value is -3.34. The lowest BCUT2D eigenvalue weighted by atomic mass is 10.1. The van der Waals surface area contributed by atoms with Crippen LogP contribution >= 0.6 is 11.3 Å². The zero-order valence-corrected chi connectivity index (χ0v) is 17.0. The van der Waals surface area contributed by atoms with E-state index in [1.807, 2.05) is 0 Å². The molecule has 0 aliphatic carbocycles. The molecule has 164 valence electrons. The lowest BCUT2D eigenvalue weighted by Crippen LogP contribution is -2.69. The fraction of sp³-hybridized carbons (Fsp3) is 0.250. The Bertz CT molecular complexity index is 1030. The zero-order chi connectivity index (χ0) is 22.5. The van der Waals surface area contributed by atoms with Gasteiger partial charge in [-0.2, -0.15) is 13.2 Å². The van der Waals surface area contributed by atoms with E-state index in [-0.39, 0.29) is 17.5 Å². The maximum Gasteiger partial charge on any atom is 0.442 e. The van der Waals surface area contributed by atoms with Crippen LogP contribution in [0.1, 0.15) is 6.92 Å². The van der Waals surface area contributed by atoms with Crippen LogP contribution in [0.2, 0.25) is 0 Å². The number of aromatic nitrogens is 1. The van der Waals surface area contributed by atoms with Crippen molar-refractivity contribution in [2.45, 2.75) is 18.8 Å². The summed E-state index contributed by atoms with van der Waals surface area (Å²) >= 11 is 0.901. The number of alkyl halides is 3. The molecule has 0 aliphatic rings. The van der Waals surface area contributed by atoms with Crippen molar-refractivity contribution in [1.82, 2.24) is 10.3 Å². The number of hydrogen-bond donors (Lipinski definition) is 2. The lowest BCUT2D eigenvalue weighted by Gasteiger charge is -2.34. The molecule has 3 aromatic rings. The predicted molar refractivity (Wildman–Crippen MR) is 109 cm³/mol. The highest BCUT2D eigenvalue weighted by molar-refractivity contribution is 7.22. The first-order chi connectivity index (χ1) is 14.7. The van der Waals surface area contributed by atoms with E-state index in [1.54, 1.807) is 47.8 Å². The summed E-state index contributed by atoms with van der Waals surface area (Å²) in [5, 5.41) is 3.55. The van der Waals surface area contributed by atoms with Gasteiger partial charge in [-0.25, -0.2) is 9.78 Å². The van der Waals surface area contributed by atoms with Crippen LogP contribution in [-0.4, -0.2) is 41.9 Å². The van der Waals surface area contributed by atoms with Gasteiger partial charge in [0.15, 0.2) is 11.7 Å². The van der Waals surface area contributed by atoms with Gasteiger partial charge >= 0.3 is 17.8 Å². The zero-order valence-electron chi connectivity index (χ0n) is 16.2. The molecule has 0 fully saturated rings. The average Bonchev–Trinajstić information content (AvgIpc) is 3.14. The molecule has 1 amide bonds.